The first-order valence-corrected chi connectivity index (χ1v) is 8.03. The molecule has 2 heteroatoms. The van der Waals surface area contributed by atoms with Crippen LogP contribution in [0.1, 0.15) is 35.3 Å². The molecule has 0 fully saturated rings. The Kier molecular flexibility index (Phi) is 5.27. The van der Waals surface area contributed by atoms with E-state index in [-0.39, 0.29) is 6.04 Å². The minimum Gasteiger partial charge on any atom is -0.326 e. The number of benzene rings is 2. The van der Waals surface area contributed by atoms with E-state index in [1.54, 1.807) is 0 Å². The van der Waals surface area contributed by atoms with Gasteiger partial charge in [0.2, 0.25) is 0 Å². The molecule has 0 saturated heterocycles. The second-order valence-corrected chi connectivity index (χ2v) is 6.55. The average Bonchev–Trinajstić information content (AvgIpc) is 2.45. The van der Waals surface area contributed by atoms with Gasteiger partial charge in [-0.05, 0) is 38.0 Å². The maximum atomic E-state index is 6.35. The van der Waals surface area contributed by atoms with Gasteiger partial charge in [0.05, 0.1) is 0 Å². The molecule has 2 unspecified atom stereocenters. The molecule has 0 amide bonds. The smallest absolute Gasteiger partial charge is 0.0495 e. The van der Waals surface area contributed by atoms with E-state index in [1.165, 1.54) is 21.6 Å². The summed E-state index contributed by atoms with van der Waals surface area (Å²) in [6, 6.07) is 17.6. The molecular weight excluding hydrogens is 262 g/mol. The SMILES string of the molecule is CCC(N)C(Sc1cccc(C)c1)c1ccc(C)cc1. The molecule has 0 aliphatic carbocycles. The van der Waals surface area contributed by atoms with Crippen LogP contribution in [0.15, 0.2) is 53.4 Å². The Morgan fingerprint density at radius 2 is 1.70 bits per heavy atom. The van der Waals surface area contributed by atoms with Gasteiger partial charge >= 0.3 is 0 Å². The molecule has 0 heterocycles. The van der Waals surface area contributed by atoms with E-state index in [1.807, 2.05) is 11.8 Å². The summed E-state index contributed by atoms with van der Waals surface area (Å²) in [5.74, 6) is 0. The highest BCUT2D eigenvalue weighted by Gasteiger charge is 2.19. The van der Waals surface area contributed by atoms with Crippen molar-refractivity contribution >= 4 is 11.8 Å². The summed E-state index contributed by atoms with van der Waals surface area (Å²) in [6.45, 7) is 6.40. The predicted octanol–water partition coefficient (Wildman–Crippen LogP) is 4.87. The van der Waals surface area contributed by atoms with Crippen LogP contribution in [0.3, 0.4) is 0 Å². The molecule has 0 spiro atoms. The fourth-order valence-corrected chi connectivity index (χ4v) is 3.57. The Bertz CT molecular complexity index is 548. The molecule has 20 heavy (non-hydrogen) atoms. The van der Waals surface area contributed by atoms with Crippen molar-refractivity contribution in [3.05, 3.63) is 65.2 Å². The van der Waals surface area contributed by atoms with Gasteiger partial charge in [-0.1, -0.05) is 54.4 Å². The monoisotopic (exact) mass is 285 g/mol. The third-order valence-electron chi connectivity index (χ3n) is 3.52. The van der Waals surface area contributed by atoms with E-state index in [0.29, 0.717) is 5.25 Å². The number of rotatable bonds is 5. The van der Waals surface area contributed by atoms with E-state index in [0.717, 1.165) is 6.42 Å². The summed E-state index contributed by atoms with van der Waals surface area (Å²) in [4.78, 5) is 1.29. The third-order valence-corrected chi connectivity index (χ3v) is 4.92. The van der Waals surface area contributed by atoms with E-state index in [2.05, 4.69) is 69.3 Å². The van der Waals surface area contributed by atoms with Crippen molar-refractivity contribution < 1.29 is 0 Å². The lowest BCUT2D eigenvalue weighted by Gasteiger charge is -2.23. The van der Waals surface area contributed by atoms with Gasteiger partial charge in [-0.25, -0.2) is 0 Å². The van der Waals surface area contributed by atoms with Crippen molar-refractivity contribution in [3.63, 3.8) is 0 Å². The Morgan fingerprint density at radius 1 is 1.00 bits per heavy atom. The van der Waals surface area contributed by atoms with E-state index in [4.69, 9.17) is 5.73 Å². The second kappa shape index (κ2) is 6.96. The molecule has 0 saturated carbocycles. The van der Waals surface area contributed by atoms with Gasteiger partial charge in [0, 0.05) is 16.2 Å². The molecule has 2 rings (SSSR count). The largest absolute Gasteiger partial charge is 0.326 e. The molecule has 106 valence electrons. The first kappa shape index (κ1) is 15.1. The summed E-state index contributed by atoms with van der Waals surface area (Å²) < 4.78 is 0. The average molecular weight is 285 g/mol. The Morgan fingerprint density at radius 3 is 2.30 bits per heavy atom. The van der Waals surface area contributed by atoms with Crippen LogP contribution in [-0.2, 0) is 0 Å². The van der Waals surface area contributed by atoms with Gasteiger partial charge in [-0.3, -0.25) is 0 Å². The standard InChI is InChI=1S/C18H23NS/c1-4-17(19)18(15-10-8-13(2)9-11-15)20-16-7-5-6-14(3)12-16/h5-12,17-18H,4,19H2,1-3H3. The highest BCUT2D eigenvalue weighted by atomic mass is 32.2. The zero-order valence-electron chi connectivity index (χ0n) is 12.5. The first-order chi connectivity index (χ1) is 9.60. The molecule has 0 radical (unpaired) electrons. The van der Waals surface area contributed by atoms with Crippen molar-refractivity contribution in [1.82, 2.24) is 0 Å². The number of hydrogen-bond acceptors (Lipinski definition) is 2. The van der Waals surface area contributed by atoms with Crippen molar-refractivity contribution in [1.29, 1.82) is 0 Å². The molecule has 2 aromatic carbocycles. The molecule has 0 bridgehead atoms. The minimum absolute atomic E-state index is 0.170. The fourth-order valence-electron chi connectivity index (χ4n) is 2.21. The topological polar surface area (TPSA) is 26.0 Å². The van der Waals surface area contributed by atoms with Crippen LogP contribution in [0, 0.1) is 13.8 Å². The summed E-state index contributed by atoms with van der Waals surface area (Å²) >= 11 is 1.87. The van der Waals surface area contributed by atoms with Crippen molar-refractivity contribution in [2.45, 2.75) is 43.4 Å². The number of aryl methyl sites for hydroxylation is 2. The highest BCUT2D eigenvalue weighted by Crippen LogP contribution is 2.38. The normalized spacial score (nSPS) is 14.0. The quantitative estimate of drug-likeness (QED) is 0.793. The zero-order valence-corrected chi connectivity index (χ0v) is 13.3. The molecule has 2 aromatic rings. The van der Waals surface area contributed by atoms with Crippen LogP contribution in [0.4, 0.5) is 0 Å². The maximum absolute atomic E-state index is 6.35. The molecule has 2 atom stereocenters. The van der Waals surface area contributed by atoms with Crippen molar-refractivity contribution in [3.8, 4) is 0 Å². The van der Waals surface area contributed by atoms with Crippen LogP contribution in [-0.4, -0.2) is 6.04 Å². The summed E-state index contributed by atoms with van der Waals surface area (Å²) in [5, 5.41) is 0.308. The summed E-state index contributed by atoms with van der Waals surface area (Å²) in [6.07, 6.45) is 0.983. The van der Waals surface area contributed by atoms with Gasteiger partial charge in [0.1, 0.15) is 0 Å². The lowest BCUT2D eigenvalue weighted by atomic mass is 10.0. The van der Waals surface area contributed by atoms with Crippen molar-refractivity contribution in [2.75, 3.05) is 0 Å². The molecule has 0 aliphatic rings. The predicted molar refractivity (Wildman–Crippen MR) is 89.2 cm³/mol. The third kappa shape index (κ3) is 3.87. The van der Waals surface area contributed by atoms with E-state index < -0.39 is 0 Å². The molecular formula is C18H23NS. The highest BCUT2D eigenvalue weighted by molar-refractivity contribution is 7.99. The van der Waals surface area contributed by atoms with Gasteiger partial charge in [-0.15, -0.1) is 11.8 Å². The molecule has 0 aromatic heterocycles. The Balaban J connectivity index is 2.26. The first-order valence-electron chi connectivity index (χ1n) is 7.15. The lowest BCUT2D eigenvalue weighted by molar-refractivity contribution is 0.634. The summed E-state index contributed by atoms with van der Waals surface area (Å²) in [7, 11) is 0. The van der Waals surface area contributed by atoms with Crippen LogP contribution < -0.4 is 5.73 Å². The molecule has 0 aliphatic heterocycles. The fraction of sp³-hybridized carbons (Fsp3) is 0.333. The molecule has 2 N–H and O–H groups in total. The van der Waals surface area contributed by atoms with Crippen LogP contribution >= 0.6 is 11.8 Å². The van der Waals surface area contributed by atoms with Gasteiger partial charge in [-0.2, -0.15) is 0 Å². The van der Waals surface area contributed by atoms with E-state index >= 15 is 0 Å². The zero-order chi connectivity index (χ0) is 14.5. The minimum atomic E-state index is 0.170. The molecule has 1 nitrogen and oxygen atoms in total. The lowest BCUT2D eigenvalue weighted by Crippen LogP contribution is -2.25. The Labute approximate surface area is 126 Å². The van der Waals surface area contributed by atoms with E-state index in [9.17, 15) is 0 Å². The number of hydrogen-bond donors (Lipinski definition) is 1. The second-order valence-electron chi connectivity index (χ2n) is 5.34. The number of thioether (sulfide) groups is 1. The van der Waals surface area contributed by atoms with Crippen LogP contribution in [0.2, 0.25) is 0 Å². The van der Waals surface area contributed by atoms with Crippen LogP contribution in [0.5, 0.6) is 0 Å². The van der Waals surface area contributed by atoms with Gasteiger partial charge in [0.25, 0.3) is 0 Å². The van der Waals surface area contributed by atoms with Gasteiger partial charge in [0.15, 0.2) is 0 Å². The van der Waals surface area contributed by atoms with Gasteiger partial charge < -0.3 is 5.73 Å². The maximum Gasteiger partial charge on any atom is 0.0495 e. The summed E-state index contributed by atoms with van der Waals surface area (Å²) in [5.41, 5.74) is 10.3. The Hall–Kier alpha value is -1.25. The number of nitrogens with two attached hydrogens (primary N) is 1. The van der Waals surface area contributed by atoms with Crippen molar-refractivity contribution in [2.24, 2.45) is 5.73 Å². The van der Waals surface area contributed by atoms with Crippen LogP contribution in [0.25, 0.3) is 0 Å².